The van der Waals surface area contributed by atoms with Gasteiger partial charge in [0.2, 0.25) is 5.91 Å². The Morgan fingerprint density at radius 2 is 1.89 bits per heavy atom. The number of nitrogens with one attached hydrogen (secondary N) is 1. The average Bonchev–Trinajstić information content (AvgIpc) is 3.15. The summed E-state index contributed by atoms with van der Waals surface area (Å²) in [6.45, 7) is 3.67. The number of amides is 1. The summed E-state index contributed by atoms with van der Waals surface area (Å²) in [5.74, 6) is -0.243. The monoisotopic (exact) mass is 395 g/mol. The van der Waals surface area contributed by atoms with Crippen LogP contribution in [-0.2, 0) is 14.3 Å². The number of hydrogen-bond acceptors (Lipinski definition) is 8. The lowest BCUT2D eigenvalue weighted by atomic mass is 9.83. The van der Waals surface area contributed by atoms with Crippen molar-refractivity contribution in [3.05, 3.63) is 29.3 Å². The van der Waals surface area contributed by atoms with Gasteiger partial charge in [0.15, 0.2) is 11.5 Å². The van der Waals surface area contributed by atoms with Gasteiger partial charge in [0.25, 0.3) is 0 Å². The first-order valence-corrected chi connectivity index (χ1v) is 9.06. The molecule has 1 aromatic rings. The van der Waals surface area contributed by atoms with Crippen LogP contribution >= 0.6 is 0 Å². The molecule has 5 N–H and O–H groups in total. The van der Waals surface area contributed by atoms with Crippen molar-refractivity contribution in [3.63, 3.8) is 0 Å². The molecule has 0 aromatic heterocycles. The number of benzene rings is 1. The Labute approximate surface area is 162 Å². The summed E-state index contributed by atoms with van der Waals surface area (Å²) in [6, 6.07) is 3.62. The highest BCUT2D eigenvalue weighted by Gasteiger charge is 2.53. The number of aromatic hydroxyl groups is 1. The molecule has 0 radical (unpaired) electrons. The second kappa shape index (κ2) is 8.46. The molecule has 1 amide bonds. The summed E-state index contributed by atoms with van der Waals surface area (Å²) >= 11 is 0. The lowest BCUT2D eigenvalue weighted by molar-refractivity contribution is -0.155. The normalized spacial score (nSPS) is 32.7. The summed E-state index contributed by atoms with van der Waals surface area (Å²) in [5.41, 5.74) is 0.856. The molecule has 0 unspecified atom stereocenters. The van der Waals surface area contributed by atoms with Gasteiger partial charge in [-0.1, -0.05) is 6.07 Å². The van der Waals surface area contributed by atoms with Crippen LogP contribution in [0.4, 0.5) is 0 Å². The number of aliphatic hydroxyl groups excluding tert-OH is 3. The molecule has 1 aromatic carbocycles. The number of fused-ring (bicyclic) bond motifs is 1. The summed E-state index contributed by atoms with van der Waals surface area (Å²) in [7, 11) is 0. The smallest absolute Gasteiger partial charge is 0.247 e. The Balaban J connectivity index is 1.71. The average molecular weight is 395 g/mol. The molecule has 6 atom stereocenters. The van der Waals surface area contributed by atoms with Crippen LogP contribution in [0.3, 0.4) is 0 Å². The molecule has 3 rings (SSSR count). The van der Waals surface area contributed by atoms with Crippen LogP contribution in [0, 0.1) is 0 Å². The van der Waals surface area contributed by atoms with E-state index in [2.05, 4.69) is 5.32 Å². The van der Waals surface area contributed by atoms with Gasteiger partial charge in [-0.2, -0.15) is 0 Å². The van der Waals surface area contributed by atoms with Gasteiger partial charge in [-0.05, 0) is 37.6 Å². The summed E-state index contributed by atoms with van der Waals surface area (Å²) in [4.78, 5) is 12.5. The molecule has 9 heteroatoms. The number of ether oxygens (including phenoxy) is 3. The minimum Gasteiger partial charge on any atom is -0.504 e. The van der Waals surface area contributed by atoms with E-state index in [1.54, 1.807) is 32.1 Å². The lowest BCUT2D eigenvalue weighted by Gasteiger charge is -2.41. The van der Waals surface area contributed by atoms with Crippen LogP contribution in [0.15, 0.2) is 23.8 Å². The first-order valence-electron chi connectivity index (χ1n) is 9.06. The zero-order valence-corrected chi connectivity index (χ0v) is 15.6. The fraction of sp³-hybridized carbons (Fsp3) is 0.526. The zero-order valence-electron chi connectivity index (χ0n) is 15.6. The topological polar surface area (TPSA) is 138 Å². The van der Waals surface area contributed by atoms with Gasteiger partial charge in [-0.15, -0.1) is 0 Å². The number of rotatable bonds is 5. The maximum atomic E-state index is 12.5. The van der Waals surface area contributed by atoms with E-state index in [0.717, 1.165) is 0 Å². The highest BCUT2D eigenvalue weighted by atomic mass is 16.7. The lowest BCUT2D eigenvalue weighted by Crippen LogP contribution is -2.67. The molecule has 1 heterocycles. The van der Waals surface area contributed by atoms with E-state index in [1.165, 1.54) is 6.07 Å². The minimum absolute atomic E-state index is 0.0468. The van der Waals surface area contributed by atoms with E-state index in [9.17, 15) is 25.2 Å². The number of hydrogen-bond donors (Lipinski definition) is 5. The molecule has 154 valence electrons. The molecule has 1 aliphatic carbocycles. The Morgan fingerprint density at radius 1 is 1.21 bits per heavy atom. The highest BCUT2D eigenvalue weighted by Crippen LogP contribution is 2.30. The predicted molar refractivity (Wildman–Crippen MR) is 97.5 cm³/mol. The second-order valence-corrected chi connectivity index (χ2v) is 6.84. The number of aliphatic hydroxyl groups is 3. The maximum Gasteiger partial charge on any atom is 0.247 e. The van der Waals surface area contributed by atoms with E-state index in [-0.39, 0.29) is 18.1 Å². The molecular weight excluding hydrogens is 370 g/mol. The van der Waals surface area contributed by atoms with E-state index < -0.39 is 42.5 Å². The van der Waals surface area contributed by atoms with Gasteiger partial charge < -0.3 is 40.0 Å². The van der Waals surface area contributed by atoms with Crippen molar-refractivity contribution >= 4 is 12.0 Å². The number of phenols is 1. The van der Waals surface area contributed by atoms with Crippen molar-refractivity contribution < 1.29 is 39.4 Å². The Kier molecular flexibility index (Phi) is 6.21. The minimum atomic E-state index is -1.41. The van der Waals surface area contributed by atoms with Crippen LogP contribution in [0.25, 0.3) is 6.08 Å². The maximum absolute atomic E-state index is 12.5. The Morgan fingerprint density at radius 3 is 2.54 bits per heavy atom. The molecule has 1 aliphatic heterocycles. The molecule has 2 fully saturated rings. The van der Waals surface area contributed by atoms with Crippen molar-refractivity contribution in [2.45, 2.75) is 50.4 Å². The number of phenolic OH excluding ortho intramolecular Hbond substituents is 1. The number of carbonyl (C=O) groups excluding carboxylic acids is 1. The first-order chi connectivity index (χ1) is 13.3. The van der Waals surface area contributed by atoms with Crippen molar-refractivity contribution in [2.75, 3.05) is 13.4 Å². The Bertz CT molecular complexity index is 751. The van der Waals surface area contributed by atoms with Gasteiger partial charge >= 0.3 is 0 Å². The van der Waals surface area contributed by atoms with E-state index in [1.807, 2.05) is 0 Å². The summed E-state index contributed by atoms with van der Waals surface area (Å²) < 4.78 is 15.7. The highest BCUT2D eigenvalue weighted by molar-refractivity contribution is 5.97. The van der Waals surface area contributed by atoms with E-state index >= 15 is 0 Å². The van der Waals surface area contributed by atoms with Crippen molar-refractivity contribution in [3.8, 4) is 11.5 Å². The summed E-state index contributed by atoms with van der Waals surface area (Å²) in [5, 5.41) is 43.3. The summed E-state index contributed by atoms with van der Waals surface area (Å²) in [6.07, 6.45) is -4.09. The molecule has 1 saturated carbocycles. The third kappa shape index (κ3) is 3.98. The van der Waals surface area contributed by atoms with Crippen molar-refractivity contribution in [1.82, 2.24) is 5.32 Å². The third-order valence-corrected chi connectivity index (χ3v) is 4.93. The van der Waals surface area contributed by atoms with Crippen molar-refractivity contribution in [2.24, 2.45) is 0 Å². The number of carbonyl (C=O) groups is 1. The molecule has 28 heavy (non-hydrogen) atoms. The largest absolute Gasteiger partial charge is 0.504 e. The van der Waals surface area contributed by atoms with Gasteiger partial charge in [-0.3, -0.25) is 4.79 Å². The van der Waals surface area contributed by atoms with Crippen molar-refractivity contribution in [1.29, 1.82) is 0 Å². The van der Waals surface area contributed by atoms with E-state index in [0.29, 0.717) is 17.9 Å². The molecule has 0 bridgehead atoms. The quantitative estimate of drug-likeness (QED) is 0.422. The van der Waals surface area contributed by atoms with Crippen LogP contribution in [0.1, 0.15) is 19.4 Å². The standard InChI is InChI=1S/C19H25NO8/c1-3-26-12-5-4-10(7-11(12)21)6-9(2)19(25)20-13-14(22)16(24)18-17(15(13)23)27-8-28-18/h4-7,13-18,21-24H,3,8H2,1-2H3,(H,20,25)/b9-6+/t13-,14+,15-,16-,17+,18-/m1/s1. The predicted octanol–water partition coefficient (Wildman–Crippen LogP) is -0.483. The molecule has 2 aliphatic rings. The van der Waals surface area contributed by atoms with Crippen LogP contribution in [-0.4, -0.2) is 76.3 Å². The Hall–Kier alpha value is -2.17. The zero-order chi connectivity index (χ0) is 20.4. The molecule has 0 spiro atoms. The van der Waals surface area contributed by atoms with Gasteiger partial charge in [-0.25, -0.2) is 0 Å². The van der Waals surface area contributed by atoms with Crippen LogP contribution < -0.4 is 10.1 Å². The SMILES string of the molecule is CCOc1ccc(/C=C(\C)C(=O)N[C@@H]2[C@H](O)[C@@H](O)[C@H]3OCO[C@H]3[C@@H]2O)cc1O. The van der Waals surface area contributed by atoms with Crippen LogP contribution in [0.2, 0.25) is 0 Å². The molecule has 1 saturated heterocycles. The fourth-order valence-corrected chi connectivity index (χ4v) is 3.44. The second-order valence-electron chi connectivity index (χ2n) is 6.84. The van der Waals surface area contributed by atoms with Gasteiger partial charge in [0.05, 0.1) is 12.6 Å². The first kappa shape index (κ1) is 20.6. The van der Waals surface area contributed by atoms with E-state index in [4.69, 9.17) is 14.2 Å². The van der Waals surface area contributed by atoms with Gasteiger partial charge in [0, 0.05) is 5.57 Å². The molecular formula is C19H25NO8. The van der Waals surface area contributed by atoms with Gasteiger partial charge in [0.1, 0.15) is 37.3 Å². The molecule has 9 nitrogen and oxygen atoms in total. The van der Waals surface area contributed by atoms with Crippen LogP contribution in [0.5, 0.6) is 11.5 Å². The third-order valence-electron chi connectivity index (χ3n) is 4.93. The fourth-order valence-electron chi connectivity index (χ4n) is 3.44.